The van der Waals surface area contributed by atoms with Crippen molar-refractivity contribution in [2.24, 2.45) is 0 Å². The highest BCUT2D eigenvalue weighted by atomic mass is 35.5. The Kier molecular flexibility index (Phi) is 6.65. The summed E-state index contributed by atoms with van der Waals surface area (Å²) in [6.07, 6.45) is 2.30. The van der Waals surface area contributed by atoms with Crippen LogP contribution in [0.15, 0.2) is 55.1 Å². The predicted molar refractivity (Wildman–Crippen MR) is 94.5 cm³/mol. The van der Waals surface area contributed by atoms with E-state index in [1.165, 1.54) is 4.88 Å². The van der Waals surface area contributed by atoms with Crippen LogP contribution in [0.25, 0.3) is 0 Å². The van der Waals surface area contributed by atoms with Crippen LogP contribution in [0.1, 0.15) is 11.3 Å². The normalized spacial score (nSPS) is 10.6. The maximum atomic E-state index is 12.0. The molecule has 0 spiro atoms. The molecule has 0 radical (unpaired) electrons. The summed E-state index contributed by atoms with van der Waals surface area (Å²) in [5, 5.41) is 2.90. The average Bonchev–Trinajstić information content (AvgIpc) is 2.91. The van der Waals surface area contributed by atoms with Gasteiger partial charge in [0.25, 0.3) is 0 Å². The van der Waals surface area contributed by atoms with Crippen LogP contribution < -0.4 is 5.32 Å². The number of para-hydroxylation sites is 1. The fraction of sp³-hybridized carbons (Fsp3) is 0.235. The largest absolute Gasteiger partial charge is 0.326 e. The number of thiophene rings is 1. The minimum absolute atomic E-state index is 0.0180. The molecule has 0 aliphatic carbocycles. The summed E-state index contributed by atoms with van der Waals surface area (Å²) in [7, 11) is 0. The second-order valence-electron chi connectivity index (χ2n) is 4.89. The van der Waals surface area contributed by atoms with Gasteiger partial charge in [0.05, 0.1) is 4.34 Å². The highest BCUT2D eigenvalue weighted by Crippen LogP contribution is 2.22. The summed E-state index contributed by atoms with van der Waals surface area (Å²) in [6, 6.07) is 13.4. The van der Waals surface area contributed by atoms with Crippen molar-refractivity contribution in [2.45, 2.75) is 13.0 Å². The van der Waals surface area contributed by atoms with Crippen molar-refractivity contribution in [3.8, 4) is 0 Å². The lowest BCUT2D eigenvalue weighted by atomic mass is 10.3. The van der Waals surface area contributed by atoms with Gasteiger partial charge in [0.2, 0.25) is 5.91 Å². The third-order valence-electron chi connectivity index (χ3n) is 3.11. The number of benzene rings is 1. The molecule has 2 rings (SSSR count). The molecule has 0 fully saturated rings. The molecule has 0 saturated heterocycles. The topological polar surface area (TPSA) is 32.3 Å². The molecule has 1 amide bonds. The minimum Gasteiger partial charge on any atom is -0.326 e. The van der Waals surface area contributed by atoms with Crippen molar-refractivity contribution >= 4 is 34.5 Å². The Morgan fingerprint density at radius 2 is 2.05 bits per heavy atom. The first kappa shape index (κ1) is 16.7. The number of anilines is 1. The molecule has 3 nitrogen and oxygen atoms in total. The van der Waals surface area contributed by atoms with Crippen molar-refractivity contribution in [3.05, 3.63) is 64.3 Å². The van der Waals surface area contributed by atoms with Gasteiger partial charge in [-0.1, -0.05) is 35.9 Å². The predicted octanol–water partition coefficient (Wildman–Crippen LogP) is 4.42. The Labute approximate surface area is 140 Å². The van der Waals surface area contributed by atoms with E-state index < -0.39 is 0 Å². The fourth-order valence-corrected chi connectivity index (χ4v) is 3.21. The molecule has 0 atom stereocenters. The number of nitrogens with zero attached hydrogens (tertiary/aromatic N) is 1. The fourth-order valence-electron chi connectivity index (χ4n) is 2.08. The number of nitrogens with one attached hydrogen (secondary N) is 1. The lowest BCUT2D eigenvalue weighted by Crippen LogP contribution is -2.27. The van der Waals surface area contributed by atoms with Crippen molar-refractivity contribution in [1.29, 1.82) is 0 Å². The molecule has 0 bridgehead atoms. The van der Waals surface area contributed by atoms with E-state index in [4.69, 9.17) is 11.6 Å². The highest BCUT2D eigenvalue weighted by Gasteiger charge is 2.09. The molecule has 1 aromatic carbocycles. The van der Waals surface area contributed by atoms with E-state index in [-0.39, 0.29) is 5.91 Å². The van der Waals surface area contributed by atoms with Gasteiger partial charge in [-0.15, -0.1) is 17.9 Å². The minimum atomic E-state index is 0.0180. The highest BCUT2D eigenvalue weighted by molar-refractivity contribution is 7.16. The van der Waals surface area contributed by atoms with Gasteiger partial charge in [-0.25, -0.2) is 0 Å². The first-order chi connectivity index (χ1) is 10.7. The zero-order valence-corrected chi connectivity index (χ0v) is 13.9. The molecule has 1 heterocycles. The van der Waals surface area contributed by atoms with Crippen molar-refractivity contribution < 1.29 is 4.79 Å². The van der Waals surface area contributed by atoms with Crippen molar-refractivity contribution in [1.82, 2.24) is 4.90 Å². The quantitative estimate of drug-likeness (QED) is 0.725. The summed E-state index contributed by atoms with van der Waals surface area (Å²) in [5.74, 6) is 0.0180. The van der Waals surface area contributed by atoms with Crippen LogP contribution in [0.2, 0.25) is 4.34 Å². The second kappa shape index (κ2) is 8.73. The third-order valence-corrected chi connectivity index (χ3v) is 4.32. The van der Waals surface area contributed by atoms with Crippen LogP contribution in [0.4, 0.5) is 5.69 Å². The van der Waals surface area contributed by atoms with Crippen LogP contribution in [-0.4, -0.2) is 23.9 Å². The van der Waals surface area contributed by atoms with Crippen LogP contribution >= 0.6 is 22.9 Å². The third kappa shape index (κ3) is 5.64. The van der Waals surface area contributed by atoms with Gasteiger partial charge in [0.15, 0.2) is 0 Å². The van der Waals surface area contributed by atoms with Gasteiger partial charge < -0.3 is 5.32 Å². The van der Waals surface area contributed by atoms with Crippen LogP contribution in [0, 0.1) is 0 Å². The Morgan fingerprint density at radius 1 is 1.27 bits per heavy atom. The van der Waals surface area contributed by atoms with Gasteiger partial charge in [-0.2, -0.15) is 0 Å². The van der Waals surface area contributed by atoms with E-state index in [0.717, 1.165) is 23.1 Å². The van der Waals surface area contributed by atoms with Gasteiger partial charge in [-0.3, -0.25) is 9.69 Å². The Bertz CT molecular complexity index is 612. The number of amides is 1. The van der Waals surface area contributed by atoms with Crippen LogP contribution in [0.5, 0.6) is 0 Å². The SMILES string of the molecule is C=CCN(CCC(=O)Nc1ccccc1)Cc1ccc(Cl)s1. The van der Waals surface area contributed by atoms with E-state index in [9.17, 15) is 4.79 Å². The molecule has 1 aromatic heterocycles. The molecular weight excluding hydrogens is 316 g/mol. The van der Waals surface area contributed by atoms with Crippen LogP contribution in [-0.2, 0) is 11.3 Å². The van der Waals surface area contributed by atoms with Crippen molar-refractivity contribution in [3.63, 3.8) is 0 Å². The van der Waals surface area contributed by atoms with Gasteiger partial charge >= 0.3 is 0 Å². The van der Waals surface area contributed by atoms with E-state index in [0.29, 0.717) is 13.0 Å². The maximum absolute atomic E-state index is 12.0. The Balaban J connectivity index is 1.83. The van der Waals surface area contributed by atoms with Crippen molar-refractivity contribution in [2.75, 3.05) is 18.4 Å². The second-order valence-corrected chi connectivity index (χ2v) is 6.69. The Hall–Kier alpha value is -1.62. The number of rotatable bonds is 8. The molecule has 116 valence electrons. The zero-order chi connectivity index (χ0) is 15.8. The smallest absolute Gasteiger partial charge is 0.225 e. The first-order valence-corrected chi connectivity index (χ1v) is 8.29. The molecule has 22 heavy (non-hydrogen) atoms. The number of hydrogen-bond donors (Lipinski definition) is 1. The van der Waals surface area contributed by atoms with E-state index in [1.807, 2.05) is 48.5 Å². The first-order valence-electron chi connectivity index (χ1n) is 7.10. The molecule has 0 saturated carbocycles. The lowest BCUT2D eigenvalue weighted by molar-refractivity contribution is -0.116. The standard InChI is InChI=1S/C17H19ClN2OS/c1-2-11-20(13-15-8-9-16(18)22-15)12-10-17(21)19-14-6-4-3-5-7-14/h2-9H,1,10-13H2,(H,19,21). The van der Waals surface area contributed by atoms with Gasteiger partial charge in [0.1, 0.15) is 0 Å². The molecule has 0 aliphatic heterocycles. The number of halogens is 1. The van der Waals surface area contributed by atoms with E-state index in [1.54, 1.807) is 11.3 Å². The molecule has 1 N–H and O–H groups in total. The molecule has 2 aromatic rings. The molecule has 5 heteroatoms. The monoisotopic (exact) mass is 334 g/mol. The van der Waals surface area contributed by atoms with Crippen LogP contribution in [0.3, 0.4) is 0 Å². The molecule has 0 unspecified atom stereocenters. The summed E-state index contributed by atoms with van der Waals surface area (Å²) < 4.78 is 0.787. The number of carbonyl (C=O) groups excluding carboxylic acids is 1. The maximum Gasteiger partial charge on any atom is 0.225 e. The zero-order valence-electron chi connectivity index (χ0n) is 12.3. The lowest BCUT2D eigenvalue weighted by Gasteiger charge is -2.19. The van der Waals surface area contributed by atoms with Gasteiger partial charge in [-0.05, 0) is 24.3 Å². The average molecular weight is 335 g/mol. The number of hydrogen-bond acceptors (Lipinski definition) is 3. The summed E-state index contributed by atoms with van der Waals surface area (Å²) >= 11 is 7.52. The Morgan fingerprint density at radius 3 is 2.68 bits per heavy atom. The molecule has 0 aliphatic rings. The summed E-state index contributed by atoms with van der Waals surface area (Å²) in [4.78, 5) is 15.4. The summed E-state index contributed by atoms with van der Waals surface area (Å²) in [5.41, 5.74) is 0.827. The van der Waals surface area contributed by atoms with Gasteiger partial charge in [0, 0.05) is 36.6 Å². The summed E-state index contributed by atoms with van der Waals surface area (Å²) in [6.45, 7) is 5.98. The number of carbonyl (C=O) groups is 1. The molecular formula is C17H19ClN2OS. The van der Waals surface area contributed by atoms with E-state index in [2.05, 4.69) is 16.8 Å². The van der Waals surface area contributed by atoms with E-state index >= 15 is 0 Å².